The summed E-state index contributed by atoms with van der Waals surface area (Å²) in [6.07, 6.45) is -3.22. The van der Waals surface area contributed by atoms with Crippen molar-refractivity contribution in [1.82, 2.24) is 14.7 Å². The largest absolute Gasteiger partial charge is 0.471 e. The first-order valence-corrected chi connectivity index (χ1v) is 8.00. The van der Waals surface area contributed by atoms with Crippen LogP contribution in [0.25, 0.3) is 22.2 Å². The number of aromatic nitrogens is 3. The third-order valence-electron chi connectivity index (χ3n) is 4.14. The van der Waals surface area contributed by atoms with Crippen LogP contribution in [-0.4, -0.2) is 14.7 Å². The predicted molar refractivity (Wildman–Crippen MR) is 92.0 cm³/mol. The van der Waals surface area contributed by atoms with Crippen LogP contribution in [-0.2, 0) is 12.7 Å². The Morgan fingerprint density at radius 1 is 1.04 bits per heavy atom. The third kappa shape index (κ3) is 3.33. The second-order valence-electron chi connectivity index (χ2n) is 5.94. The van der Waals surface area contributed by atoms with Crippen LogP contribution >= 0.6 is 0 Å². The molecule has 2 heterocycles. The van der Waals surface area contributed by atoms with E-state index >= 15 is 0 Å². The molecule has 0 aliphatic carbocycles. The van der Waals surface area contributed by atoms with Gasteiger partial charge in [0, 0.05) is 17.8 Å². The number of alkyl halides is 3. The highest BCUT2D eigenvalue weighted by Crippen LogP contribution is 2.29. The number of fused-ring (bicyclic) bond motifs is 1. The molecule has 0 radical (unpaired) electrons. The van der Waals surface area contributed by atoms with Crippen LogP contribution in [0.5, 0.6) is 0 Å². The second-order valence-corrected chi connectivity index (χ2v) is 5.94. The summed E-state index contributed by atoms with van der Waals surface area (Å²) in [5.74, 6) is -1.73. The van der Waals surface area contributed by atoms with Crippen molar-refractivity contribution >= 4 is 10.8 Å². The van der Waals surface area contributed by atoms with Crippen LogP contribution in [0.4, 0.5) is 13.2 Å². The van der Waals surface area contributed by atoms with Crippen molar-refractivity contribution in [2.45, 2.75) is 12.7 Å². The molecule has 0 bridgehead atoms. The quantitative estimate of drug-likeness (QED) is 0.544. The molecule has 0 amide bonds. The summed E-state index contributed by atoms with van der Waals surface area (Å²) in [6.45, 7) is 0.334. The zero-order valence-electron chi connectivity index (χ0n) is 13.8. The summed E-state index contributed by atoms with van der Waals surface area (Å²) in [6, 6.07) is 16.3. The fourth-order valence-electron chi connectivity index (χ4n) is 2.85. The van der Waals surface area contributed by atoms with E-state index in [0.29, 0.717) is 6.54 Å². The van der Waals surface area contributed by atoms with Gasteiger partial charge in [-0.1, -0.05) is 47.6 Å². The topological polar surface area (TPSA) is 60.9 Å². The Labute approximate surface area is 150 Å². The highest BCUT2D eigenvalue weighted by molar-refractivity contribution is 5.85. The van der Waals surface area contributed by atoms with E-state index in [1.54, 1.807) is 0 Å². The van der Waals surface area contributed by atoms with Gasteiger partial charge in [0.1, 0.15) is 0 Å². The Hall–Kier alpha value is -3.42. The lowest BCUT2D eigenvalue weighted by Gasteiger charge is -2.09. The lowest BCUT2D eigenvalue weighted by atomic mass is 10.0. The monoisotopic (exact) mass is 371 g/mol. The first-order chi connectivity index (χ1) is 12.9. The maximum absolute atomic E-state index is 12.6. The molecular weight excluding hydrogens is 359 g/mol. The van der Waals surface area contributed by atoms with Crippen molar-refractivity contribution < 1.29 is 17.7 Å². The maximum atomic E-state index is 12.6. The van der Waals surface area contributed by atoms with E-state index in [1.165, 1.54) is 22.9 Å². The molecule has 4 aromatic rings. The summed E-state index contributed by atoms with van der Waals surface area (Å²) in [4.78, 5) is 15.7. The van der Waals surface area contributed by atoms with E-state index in [4.69, 9.17) is 0 Å². The number of pyridine rings is 1. The standard InChI is InChI=1S/C19H12F3N3O2/c20-19(21,22)18-23-17(24-27-18)13-8-9-25(16(26)10-13)11-14-6-3-5-12-4-1-2-7-15(12)14/h1-10H,11H2. The van der Waals surface area contributed by atoms with E-state index in [-0.39, 0.29) is 16.9 Å². The minimum absolute atomic E-state index is 0.161. The lowest BCUT2D eigenvalue weighted by Crippen LogP contribution is -2.19. The molecule has 0 unspecified atom stereocenters. The molecule has 0 aliphatic heterocycles. The highest BCUT2D eigenvalue weighted by Gasteiger charge is 2.38. The van der Waals surface area contributed by atoms with Gasteiger partial charge in [0.15, 0.2) is 0 Å². The Kier molecular flexibility index (Phi) is 4.02. The molecule has 0 atom stereocenters. The number of hydrogen-bond acceptors (Lipinski definition) is 4. The van der Waals surface area contributed by atoms with Gasteiger partial charge in [-0.3, -0.25) is 4.79 Å². The van der Waals surface area contributed by atoms with Crippen molar-refractivity contribution in [3.8, 4) is 11.4 Å². The van der Waals surface area contributed by atoms with Gasteiger partial charge in [-0.05, 0) is 22.4 Å². The number of hydrogen-bond donors (Lipinski definition) is 0. The Bertz CT molecular complexity index is 1170. The molecule has 5 nitrogen and oxygen atoms in total. The summed E-state index contributed by atoms with van der Waals surface area (Å²) in [5.41, 5.74) is 0.745. The first-order valence-electron chi connectivity index (χ1n) is 8.00. The van der Waals surface area contributed by atoms with E-state index in [1.807, 2.05) is 42.5 Å². The zero-order valence-corrected chi connectivity index (χ0v) is 13.8. The SMILES string of the molecule is O=c1cc(-c2noc(C(F)(F)F)n2)ccn1Cc1cccc2ccccc12. The molecular formula is C19H12F3N3O2. The number of benzene rings is 2. The van der Waals surface area contributed by atoms with Gasteiger partial charge in [0.2, 0.25) is 5.82 Å². The highest BCUT2D eigenvalue weighted by atomic mass is 19.4. The molecule has 0 fully saturated rings. The number of nitrogens with zero attached hydrogens (tertiary/aromatic N) is 3. The minimum Gasteiger partial charge on any atom is -0.329 e. The molecule has 0 saturated heterocycles. The summed E-state index contributed by atoms with van der Waals surface area (Å²) in [5, 5.41) is 5.39. The van der Waals surface area contributed by atoms with E-state index in [2.05, 4.69) is 14.7 Å². The zero-order chi connectivity index (χ0) is 19.0. The fourth-order valence-corrected chi connectivity index (χ4v) is 2.85. The summed E-state index contributed by atoms with van der Waals surface area (Å²) in [7, 11) is 0. The van der Waals surface area contributed by atoms with Gasteiger partial charge in [0.25, 0.3) is 5.56 Å². The predicted octanol–water partition coefficient (Wildman–Crippen LogP) is 4.12. The molecule has 0 aliphatic rings. The van der Waals surface area contributed by atoms with Gasteiger partial charge in [-0.15, -0.1) is 0 Å². The van der Waals surface area contributed by atoms with Gasteiger partial charge >= 0.3 is 12.1 Å². The van der Waals surface area contributed by atoms with Crippen LogP contribution in [0.2, 0.25) is 0 Å². The Balaban J connectivity index is 1.66. The van der Waals surface area contributed by atoms with Crippen LogP contribution < -0.4 is 5.56 Å². The number of halogens is 3. The molecule has 2 aromatic carbocycles. The van der Waals surface area contributed by atoms with Crippen molar-refractivity contribution in [2.24, 2.45) is 0 Å². The fraction of sp³-hybridized carbons (Fsp3) is 0.105. The van der Waals surface area contributed by atoms with Gasteiger partial charge < -0.3 is 9.09 Å². The lowest BCUT2D eigenvalue weighted by molar-refractivity contribution is -0.159. The molecule has 27 heavy (non-hydrogen) atoms. The van der Waals surface area contributed by atoms with Gasteiger partial charge in [0.05, 0.1) is 6.54 Å². The van der Waals surface area contributed by atoms with Gasteiger partial charge in [-0.25, -0.2) is 0 Å². The average molecular weight is 371 g/mol. The van der Waals surface area contributed by atoms with E-state index in [0.717, 1.165) is 16.3 Å². The molecule has 2 aromatic heterocycles. The molecule has 136 valence electrons. The molecule has 0 saturated carbocycles. The molecule has 4 rings (SSSR count). The Morgan fingerprint density at radius 3 is 2.56 bits per heavy atom. The molecule has 0 spiro atoms. The molecule has 8 heteroatoms. The normalized spacial score (nSPS) is 11.8. The smallest absolute Gasteiger partial charge is 0.329 e. The van der Waals surface area contributed by atoms with Crippen LogP contribution in [0.15, 0.2) is 70.1 Å². The van der Waals surface area contributed by atoms with Crippen LogP contribution in [0.3, 0.4) is 0 Å². The van der Waals surface area contributed by atoms with Gasteiger partial charge in [-0.2, -0.15) is 18.2 Å². The Morgan fingerprint density at radius 2 is 1.81 bits per heavy atom. The van der Waals surface area contributed by atoms with E-state index in [9.17, 15) is 18.0 Å². The van der Waals surface area contributed by atoms with Crippen LogP contribution in [0, 0.1) is 0 Å². The van der Waals surface area contributed by atoms with Crippen LogP contribution in [0.1, 0.15) is 11.5 Å². The number of rotatable bonds is 3. The van der Waals surface area contributed by atoms with Crippen molar-refractivity contribution in [3.63, 3.8) is 0 Å². The van der Waals surface area contributed by atoms with Crippen molar-refractivity contribution in [1.29, 1.82) is 0 Å². The average Bonchev–Trinajstić information content (AvgIpc) is 3.14. The summed E-state index contributed by atoms with van der Waals surface area (Å²) < 4.78 is 43.4. The molecule has 0 N–H and O–H groups in total. The first kappa shape index (κ1) is 17.0. The summed E-state index contributed by atoms with van der Waals surface area (Å²) >= 11 is 0. The van der Waals surface area contributed by atoms with E-state index < -0.39 is 12.1 Å². The minimum atomic E-state index is -4.73. The van der Waals surface area contributed by atoms with Crippen molar-refractivity contribution in [3.05, 3.63) is 82.6 Å². The second kappa shape index (κ2) is 6.39. The van der Waals surface area contributed by atoms with Crippen molar-refractivity contribution in [2.75, 3.05) is 0 Å². The third-order valence-corrected chi connectivity index (χ3v) is 4.14. The maximum Gasteiger partial charge on any atom is 0.471 e.